The van der Waals surface area contributed by atoms with Crippen LogP contribution in [0.2, 0.25) is 0 Å². The number of nitrogens with one attached hydrogen (secondary N) is 2. The molecule has 1 aliphatic carbocycles. The van der Waals surface area contributed by atoms with Crippen LogP contribution in [0.3, 0.4) is 0 Å². The van der Waals surface area contributed by atoms with Gasteiger partial charge in [0, 0.05) is 19.1 Å². The van der Waals surface area contributed by atoms with Crippen molar-refractivity contribution in [3.05, 3.63) is 0 Å². The van der Waals surface area contributed by atoms with Crippen LogP contribution in [0, 0.1) is 5.92 Å². The van der Waals surface area contributed by atoms with E-state index in [0.717, 1.165) is 12.8 Å². The molecule has 0 atom stereocenters. The molecule has 5 heteroatoms. The molecule has 2 N–H and O–H groups in total. The Labute approximate surface area is 106 Å². The van der Waals surface area contributed by atoms with Crippen molar-refractivity contribution in [1.82, 2.24) is 10.0 Å². The first-order valence-electron chi connectivity index (χ1n) is 6.70. The fraction of sp³-hybridized carbons (Fsp3) is 1.00. The van der Waals surface area contributed by atoms with E-state index in [1.54, 1.807) is 0 Å². The fourth-order valence-corrected chi connectivity index (χ4v) is 3.78. The predicted molar refractivity (Wildman–Crippen MR) is 71.5 cm³/mol. The van der Waals surface area contributed by atoms with Crippen molar-refractivity contribution in [2.75, 3.05) is 18.8 Å². The summed E-state index contributed by atoms with van der Waals surface area (Å²) in [6, 6.07) is 0.401. The van der Waals surface area contributed by atoms with Gasteiger partial charge in [-0.05, 0) is 18.8 Å². The molecule has 0 aromatic rings. The van der Waals surface area contributed by atoms with E-state index in [2.05, 4.69) is 23.9 Å². The van der Waals surface area contributed by atoms with Gasteiger partial charge in [-0.3, -0.25) is 0 Å². The zero-order chi connectivity index (χ0) is 12.7. The zero-order valence-electron chi connectivity index (χ0n) is 11.0. The standard InChI is InChI=1S/C12H26N2O2S/c1-11(2)13-8-9-14-17(15,16)10-12-6-4-3-5-7-12/h11-14H,3-10H2,1-2H3. The molecule has 17 heavy (non-hydrogen) atoms. The number of sulfonamides is 1. The molecule has 0 amide bonds. The van der Waals surface area contributed by atoms with Gasteiger partial charge in [0.1, 0.15) is 0 Å². The van der Waals surface area contributed by atoms with Crippen LogP contribution in [0.15, 0.2) is 0 Å². The maximum atomic E-state index is 11.8. The summed E-state index contributed by atoms with van der Waals surface area (Å²) >= 11 is 0. The highest BCUT2D eigenvalue weighted by Gasteiger charge is 2.20. The number of hydrogen-bond acceptors (Lipinski definition) is 3. The third-order valence-electron chi connectivity index (χ3n) is 3.18. The highest BCUT2D eigenvalue weighted by atomic mass is 32.2. The van der Waals surface area contributed by atoms with E-state index in [4.69, 9.17) is 0 Å². The van der Waals surface area contributed by atoms with Gasteiger partial charge in [-0.15, -0.1) is 0 Å². The smallest absolute Gasteiger partial charge is 0.211 e. The average Bonchev–Trinajstić information content (AvgIpc) is 2.25. The molecule has 4 nitrogen and oxygen atoms in total. The molecule has 1 saturated carbocycles. The quantitative estimate of drug-likeness (QED) is 0.683. The Balaban J connectivity index is 2.20. The Kier molecular flexibility index (Phi) is 6.44. The van der Waals surface area contributed by atoms with Crippen molar-refractivity contribution >= 4 is 10.0 Å². The third kappa shape index (κ3) is 7.01. The van der Waals surface area contributed by atoms with Crippen LogP contribution >= 0.6 is 0 Å². The van der Waals surface area contributed by atoms with Crippen molar-refractivity contribution in [3.63, 3.8) is 0 Å². The van der Waals surface area contributed by atoms with Gasteiger partial charge in [0.15, 0.2) is 0 Å². The summed E-state index contributed by atoms with van der Waals surface area (Å²) in [6.07, 6.45) is 5.79. The highest BCUT2D eigenvalue weighted by molar-refractivity contribution is 7.89. The van der Waals surface area contributed by atoms with Gasteiger partial charge in [-0.25, -0.2) is 13.1 Å². The summed E-state index contributed by atoms with van der Waals surface area (Å²) in [7, 11) is -3.07. The van der Waals surface area contributed by atoms with Crippen LogP contribution in [0.1, 0.15) is 46.0 Å². The van der Waals surface area contributed by atoms with Gasteiger partial charge >= 0.3 is 0 Å². The summed E-state index contributed by atoms with van der Waals surface area (Å²) < 4.78 is 26.3. The predicted octanol–water partition coefficient (Wildman–Crippen LogP) is 1.48. The van der Waals surface area contributed by atoms with E-state index in [1.165, 1.54) is 19.3 Å². The van der Waals surface area contributed by atoms with E-state index in [9.17, 15) is 8.42 Å². The molecule has 0 unspecified atom stereocenters. The summed E-state index contributed by atoms with van der Waals surface area (Å²) in [5, 5.41) is 3.19. The summed E-state index contributed by atoms with van der Waals surface area (Å²) in [5.41, 5.74) is 0. The first-order valence-corrected chi connectivity index (χ1v) is 8.35. The van der Waals surface area contributed by atoms with E-state index in [0.29, 0.717) is 30.8 Å². The fourth-order valence-electron chi connectivity index (χ4n) is 2.29. The van der Waals surface area contributed by atoms with Crippen molar-refractivity contribution in [1.29, 1.82) is 0 Å². The molecule has 1 rings (SSSR count). The molecule has 102 valence electrons. The summed E-state index contributed by atoms with van der Waals surface area (Å²) in [5.74, 6) is 0.689. The van der Waals surface area contributed by atoms with Gasteiger partial charge in [-0.1, -0.05) is 33.1 Å². The van der Waals surface area contributed by atoms with E-state index in [1.807, 2.05) is 0 Å². The maximum absolute atomic E-state index is 11.8. The van der Waals surface area contributed by atoms with Crippen molar-refractivity contribution in [3.8, 4) is 0 Å². The molecule has 0 radical (unpaired) electrons. The topological polar surface area (TPSA) is 58.2 Å². The molecule has 0 aromatic heterocycles. The van der Waals surface area contributed by atoms with Gasteiger partial charge in [-0.2, -0.15) is 0 Å². The number of rotatable bonds is 7. The summed E-state index contributed by atoms with van der Waals surface area (Å²) in [6.45, 7) is 5.29. The molecule has 1 fully saturated rings. The average molecular weight is 262 g/mol. The number of hydrogen-bond donors (Lipinski definition) is 2. The third-order valence-corrected chi connectivity index (χ3v) is 4.73. The Morgan fingerprint density at radius 2 is 1.76 bits per heavy atom. The molecular weight excluding hydrogens is 236 g/mol. The van der Waals surface area contributed by atoms with E-state index in [-0.39, 0.29) is 0 Å². The van der Waals surface area contributed by atoms with Crippen molar-refractivity contribution in [2.45, 2.75) is 52.0 Å². The van der Waals surface area contributed by atoms with Gasteiger partial charge in [0.05, 0.1) is 5.75 Å². The minimum Gasteiger partial charge on any atom is -0.313 e. The maximum Gasteiger partial charge on any atom is 0.211 e. The van der Waals surface area contributed by atoms with E-state index < -0.39 is 10.0 Å². The molecule has 0 bridgehead atoms. The second-order valence-corrected chi connectivity index (χ2v) is 7.14. The Morgan fingerprint density at radius 1 is 1.12 bits per heavy atom. The SMILES string of the molecule is CC(C)NCCNS(=O)(=O)CC1CCCCC1. The van der Waals surface area contributed by atoms with Crippen LogP contribution in [-0.4, -0.2) is 33.3 Å². The molecule has 1 aliphatic rings. The normalized spacial score (nSPS) is 18.8. The molecule has 0 aromatic carbocycles. The molecular formula is C12H26N2O2S. The first kappa shape index (κ1) is 14.9. The van der Waals surface area contributed by atoms with E-state index >= 15 is 0 Å². The lowest BCUT2D eigenvalue weighted by Crippen LogP contribution is -2.37. The zero-order valence-corrected chi connectivity index (χ0v) is 11.9. The molecule has 0 saturated heterocycles. The van der Waals surface area contributed by atoms with Gasteiger partial charge in [0.2, 0.25) is 10.0 Å². The second-order valence-electron chi connectivity index (χ2n) is 5.29. The van der Waals surface area contributed by atoms with Gasteiger partial charge < -0.3 is 5.32 Å². The Bertz CT molecular complexity index is 296. The van der Waals surface area contributed by atoms with Crippen molar-refractivity contribution in [2.24, 2.45) is 5.92 Å². The van der Waals surface area contributed by atoms with Crippen LogP contribution in [0.5, 0.6) is 0 Å². The lowest BCUT2D eigenvalue weighted by molar-refractivity contribution is 0.384. The second kappa shape index (κ2) is 7.34. The lowest BCUT2D eigenvalue weighted by atomic mass is 9.91. The minimum absolute atomic E-state index is 0.314. The minimum atomic E-state index is -3.07. The lowest BCUT2D eigenvalue weighted by Gasteiger charge is -2.21. The van der Waals surface area contributed by atoms with Crippen LogP contribution in [0.25, 0.3) is 0 Å². The molecule has 0 heterocycles. The molecule has 0 spiro atoms. The van der Waals surface area contributed by atoms with Crippen LogP contribution < -0.4 is 10.0 Å². The monoisotopic (exact) mass is 262 g/mol. The first-order chi connectivity index (χ1) is 7.99. The Hall–Kier alpha value is -0.130. The van der Waals surface area contributed by atoms with Crippen LogP contribution in [0.4, 0.5) is 0 Å². The Morgan fingerprint density at radius 3 is 2.35 bits per heavy atom. The van der Waals surface area contributed by atoms with Gasteiger partial charge in [0.25, 0.3) is 0 Å². The molecule has 0 aliphatic heterocycles. The summed E-state index contributed by atoms with van der Waals surface area (Å²) in [4.78, 5) is 0. The largest absolute Gasteiger partial charge is 0.313 e. The highest BCUT2D eigenvalue weighted by Crippen LogP contribution is 2.24. The van der Waals surface area contributed by atoms with Crippen molar-refractivity contribution < 1.29 is 8.42 Å². The van der Waals surface area contributed by atoms with Crippen LogP contribution in [-0.2, 0) is 10.0 Å².